The molecule has 0 aliphatic heterocycles. The predicted octanol–water partition coefficient (Wildman–Crippen LogP) is 6.15. The van der Waals surface area contributed by atoms with Crippen LogP contribution < -0.4 is 0 Å². The summed E-state index contributed by atoms with van der Waals surface area (Å²) in [6.07, 6.45) is 4.03. The van der Waals surface area contributed by atoms with Crippen molar-refractivity contribution in [1.82, 2.24) is 0 Å². The van der Waals surface area contributed by atoms with E-state index in [4.69, 9.17) is 0 Å². The van der Waals surface area contributed by atoms with E-state index in [2.05, 4.69) is 62.4 Å². The largest absolute Gasteiger partial charge is 0.507 e. The van der Waals surface area contributed by atoms with Crippen LogP contribution in [0.15, 0.2) is 54.6 Å². The molecule has 0 amide bonds. The van der Waals surface area contributed by atoms with Gasteiger partial charge in [-0.15, -0.1) is 0 Å². The van der Waals surface area contributed by atoms with E-state index in [0.29, 0.717) is 5.75 Å². The Hall–Kier alpha value is -2.54. The molecular weight excluding hydrogens is 304 g/mol. The first-order valence-corrected chi connectivity index (χ1v) is 9.28. The molecule has 1 heteroatoms. The van der Waals surface area contributed by atoms with E-state index in [9.17, 15) is 5.11 Å². The van der Waals surface area contributed by atoms with Crippen molar-refractivity contribution in [2.45, 2.75) is 39.5 Å². The van der Waals surface area contributed by atoms with E-state index in [1.807, 2.05) is 6.07 Å². The molecule has 0 fully saturated rings. The molecule has 3 aromatic carbocycles. The van der Waals surface area contributed by atoms with Crippen molar-refractivity contribution >= 4 is 0 Å². The number of rotatable bonds is 4. The van der Waals surface area contributed by atoms with Crippen LogP contribution in [0.2, 0.25) is 0 Å². The second-order valence-electron chi connectivity index (χ2n) is 6.87. The molecule has 0 radical (unpaired) electrons. The molecule has 1 aliphatic rings. The highest BCUT2D eigenvalue weighted by Crippen LogP contribution is 2.45. The van der Waals surface area contributed by atoms with Gasteiger partial charge in [0.2, 0.25) is 0 Å². The van der Waals surface area contributed by atoms with Crippen LogP contribution in [-0.4, -0.2) is 5.11 Å². The lowest BCUT2D eigenvalue weighted by atomic mass is 9.87. The summed E-state index contributed by atoms with van der Waals surface area (Å²) in [5.41, 5.74) is 10.3. The zero-order valence-corrected chi connectivity index (χ0v) is 15.0. The van der Waals surface area contributed by atoms with Gasteiger partial charge in [-0.2, -0.15) is 0 Å². The minimum atomic E-state index is 0.407. The van der Waals surface area contributed by atoms with Crippen molar-refractivity contribution in [1.29, 1.82) is 0 Å². The standard InChI is InChI=1S/C24H24O/c1-3-8-19-16(4-2)13-14-23(25)24(19)21-12-7-11-20-18-10-6-5-9-17(18)15-22(20)21/h5-7,9-14,25H,3-4,8,15H2,1-2H3. The zero-order valence-electron chi connectivity index (χ0n) is 15.0. The first-order chi connectivity index (χ1) is 12.2. The predicted molar refractivity (Wildman–Crippen MR) is 105 cm³/mol. The Morgan fingerprint density at radius 3 is 2.40 bits per heavy atom. The highest BCUT2D eigenvalue weighted by Gasteiger charge is 2.24. The molecule has 126 valence electrons. The fraction of sp³-hybridized carbons (Fsp3) is 0.250. The number of aromatic hydroxyl groups is 1. The average molecular weight is 328 g/mol. The van der Waals surface area contributed by atoms with Gasteiger partial charge < -0.3 is 5.11 Å². The van der Waals surface area contributed by atoms with Gasteiger partial charge in [-0.05, 0) is 64.3 Å². The normalized spacial score (nSPS) is 12.1. The van der Waals surface area contributed by atoms with Crippen LogP contribution in [-0.2, 0) is 19.3 Å². The molecule has 0 aromatic heterocycles. The van der Waals surface area contributed by atoms with Gasteiger partial charge in [0.15, 0.2) is 0 Å². The van der Waals surface area contributed by atoms with E-state index < -0.39 is 0 Å². The number of phenols is 1. The fourth-order valence-corrected chi connectivity index (χ4v) is 4.24. The lowest BCUT2D eigenvalue weighted by molar-refractivity contribution is 0.476. The Morgan fingerprint density at radius 2 is 1.60 bits per heavy atom. The van der Waals surface area contributed by atoms with Crippen molar-refractivity contribution in [2.24, 2.45) is 0 Å². The minimum Gasteiger partial charge on any atom is -0.507 e. The molecular formula is C24H24O. The van der Waals surface area contributed by atoms with Gasteiger partial charge in [0, 0.05) is 5.56 Å². The Morgan fingerprint density at radius 1 is 0.840 bits per heavy atom. The van der Waals surface area contributed by atoms with Gasteiger partial charge in [-0.25, -0.2) is 0 Å². The molecule has 0 heterocycles. The van der Waals surface area contributed by atoms with Crippen molar-refractivity contribution in [3.05, 3.63) is 76.9 Å². The second-order valence-corrected chi connectivity index (χ2v) is 6.87. The molecule has 0 spiro atoms. The van der Waals surface area contributed by atoms with Crippen LogP contribution in [0, 0.1) is 0 Å². The summed E-state index contributed by atoms with van der Waals surface area (Å²) in [6.45, 7) is 4.40. The third kappa shape index (κ3) is 2.55. The molecule has 0 bridgehead atoms. The van der Waals surface area contributed by atoms with Crippen molar-refractivity contribution in [3.8, 4) is 28.0 Å². The van der Waals surface area contributed by atoms with E-state index >= 15 is 0 Å². The highest BCUT2D eigenvalue weighted by atomic mass is 16.3. The van der Waals surface area contributed by atoms with E-state index in [1.54, 1.807) is 0 Å². The zero-order chi connectivity index (χ0) is 17.4. The van der Waals surface area contributed by atoms with E-state index in [0.717, 1.165) is 31.2 Å². The Labute approximate surface area is 150 Å². The van der Waals surface area contributed by atoms with E-state index in [-0.39, 0.29) is 0 Å². The maximum Gasteiger partial charge on any atom is 0.123 e. The van der Waals surface area contributed by atoms with Gasteiger partial charge in [0.05, 0.1) is 0 Å². The Kier molecular flexibility index (Phi) is 4.09. The summed E-state index contributed by atoms with van der Waals surface area (Å²) < 4.78 is 0. The summed E-state index contributed by atoms with van der Waals surface area (Å²) in [5, 5.41) is 10.7. The van der Waals surface area contributed by atoms with Crippen molar-refractivity contribution in [2.75, 3.05) is 0 Å². The monoisotopic (exact) mass is 328 g/mol. The first kappa shape index (κ1) is 16.0. The fourth-order valence-electron chi connectivity index (χ4n) is 4.24. The molecule has 0 atom stereocenters. The van der Waals surface area contributed by atoms with Crippen LogP contribution >= 0.6 is 0 Å². The first-order valence-electron chi connectivity index (χ1n) is 9.28. The smallest absolute Gasteiger partial charge is 0.123 e. The summed E-state index contributed by atoms with van der Waals surface area (Å²) in [7, 11) is 0. The molecule has 1 N–H and O–H groups in total. The topological polar surface area (TPSA) is 20.2 Å². The van der Waals surface area contributed by atoms with Gasteiger partial charge in [-0.3, -0.25) is 0 Å². The second kappa shape index (κ2) is 6.40. The van der Waals surface area contributed by atoms with Crippen LogP contribution in [0.4, 0.5) is 0 Å². The van der Waals surface area contributed by atoms with Gasteiger partial charge in [0.25, 0.3) is 0 Å². The molecule has 0 unspecified atom stereocenters. The lowest BCUT2D eigenvalue weighted by Gasteiger charge is -2.18. The molecule has 0 saturated heterocycles. The number of hydrogen-bond acceptors (Lipinski definition) is 1. The molecule has 1 nitrogen and oxygen atoms in total. The van der Waals surface area contributed by atoms with Gasteiger partial charge >= 0.3 is 0 Å². The van der Waals surface area contributed by atoms with Crippen LogP contribution in [0.3, 0.4) is 0 Å². The number of phenolic OH excluding ortho intramolecular Hbond substituents is 1. The van der Waals surface area contributed by atoms with Crippen LogP contribution in [0.25, 0.3) is 22.3 Å². The molecule has 4 rings (SSSR count). The summed E-state index contributed by atoms with van der Waals surface area (Å²) in [4.78, 5) is 0. The van der Waals surface area contributed by atoms with Crippen molar-refractivity contribution in [3.63, 3.8) is 0 Å². The third-order valence-electron chi connectivity index (χ3n) is 5.39. The Balaban J connectivity index is 1.96. The number of hydrogen-bond donors (Lipinski definition) is 1. The van der Waals surface area contributed by atoms with Gasteiger partial charge in [0.1, 0.15) is 5.75 Å². The Bertz CT molecular complexity index is 937. The quantitative estimate of drug-likeness (QED) is 0.476. The third-order valence-corrected chi connectivity index (χ3v) is 5.39. The summed E-state index contributed by atoms with van der Waals surface area (Å²) >= 11 is 0. The van der Waals surface area contributed by atoms with Crippen LogP contribution in [0.5, 0.6) is 5.75 Å². The van der Waals surface area contributed by atoms with E-state index in [1.165, 1.54) is 38.9 Å². The minimum absolute atomic E-state index is 0.407. The maximum atomic E-state index is 10.7. The SMILES string of the molecule is CCCc1c(CC)ccc(O)c1-c1cccc2c1Cc1ccccc1-2. The van der Waals surface area contributed by atoms with Crippen molar-refractivity contribution < 1.29 is 5.11 Å². The molecule has 3 aromatic rings. The summed E-state index contributed by atoms with van der Waals surface area (Å²) in [5.74, 6) is 0.407. The lowest BCUT2D eigenvalue weighted by Crippen LogP contribution is -1.99. The number of fused-ring (bicyclic) bond motifs is 3. The molecule has 25 heavy (non-hydrogen) atoms. The summed E-state index contributed by atoms with van der Waals surface area (Å²) in [6, 6.07) is 19.1. The maximum absolute atomic E-state index is 10.7. The average Bonchev–Trinajstić information content (AvgIpc) is 3.02. The van der Waals surface area contributed by atoms with Crippen LogP contribution in [0.1, 0.15) is 42.5 Å². The number of benzene rings is 3. The molecule has 1 aliphatic carbocycles. The van der Waals surface area contributed by atoms with Gasteiger partial charge in [-0.1, -0.05) is 68.8 Å². The molecule has 0 saturated carbocycles. The highest BCUT2D eigenvalue weighted by molar-refractivity contribution is 5.87. The number of aryl methyl sites for hydroxylation is 1.